The summed E-state index contributed by atoms with van der Waals surface area (Å²) in [7, 11) is 3.40. The third kappa shape index (κ3) is 1.64. The lowest BCUT2D eigenvalue weighted by atomic mass is 10.1. The molecule has 1 aliphatic heterocycles. The zero-order chi connectivity index (χ0) is 13.4. The zero-order valence-electron chi connectivity index (χ0n) is 10.6. The number of amides is 1. The van der Waals surface area contributed by atoms with Gasteiger partial charge in [-0.2, -0.15) is 5.10 Å². The molecule has 18 heavy (non-hydrogen) atoms. The number of hydrogen-bond donors (Lipinski definition) is 2. The van der Waals surface area contributed by atoms with E-state index < -0.39 is 6.04 Å². The maximum atomic E-state index is 12.1. The number of piperazine rings is 1. The third-order valence-corrected chi connectivity index (χ3v) is 3.05. The Morgan fingerprint density at radius 3 is 2.67 bits per heavy atom. The van der Waals surface area contributed by atoms with E-state index >= 15 is 0 Å². The lowest BCUT2D eigenvalue weighted by Crippen LogP contribution is -2.56. The summed E-state index contributed by atoms with van der Waals surface area (Å²) in [6.45, 7) is 1.76. The van der Waals surface area contributed by atoms with Crippen molar-refractivity contribution in [2.75, 3.05) is 11.9 Å². The number of hydrogen-bond acceptors (Lipinski definition) is 4. The first-order chi connectivity index (χ1) is 8.47. The van der Waals surface area contributed by atoms with Crippen molar-refractivity contribution in [2.24, 2.45) is 12.8 Å². The quantitative estimate of drug-likeness (QED) is 0.724. The summed E-state index contributed by atoms with van der Waals surface area (Å²) in [5, 5.41) is 12.2. The molecule has 1 fully saturated rings. The Morgan fingerprint density at radius 2 is 2.17 bits per heavy atom. The lowest BCUT2D eigenvalue weighted by Gasteiger charge is -2.39. The predicted octanol–water partition coefficient (Wildman–Crippen LogP) is -0.136. The van der Waals surface area contributed by atoms with Gasteiger partial charge in [-0.05, 0) is 6.92 Å². The summed E-state index contributed by atoms with van der Waals surface area (Å²) in [5.74, 6) is 0.0895. The minimum Gasteiger partial charge on any atom is -0.403 e. The molecular formula is C11H16N6O. The van der Waals surface area contributed by atoms with Crippen molar-refractivity contribution in [3.8, 4) is 0 Å². The summed E-state index contributed by atoms with van der Waals surface area (Å²) in [4.78, 5) is 15.1. The van der Waals surface area contributed by atoms with Crippen LogP contribution in [-0.4, -0.2) is 39.5 Å². The molecule has 1 atom stereocenters. The molecule has 0 radical (unpaired) electrons. The molecule has 0 aromatic carbocycles. The second-order valence-electron chi connectivity index (χ2n) is 4.22. The zero-order valence-corrected chi connectivity index (χ0v) is 10.6. The van der Waals surface area contributed by atoms with Gasteiger partial charge in [0, 0.05) is 26.5 Å². The molecule has 0 spiro atoms. The largest absolute Gasteiger partial charge is 0.403 e. The van der Waals surface area contributed by atoms with Gasteiger partial charge in [0.05, 0.1) is 11.9 Å². The maximum absolute atomic E-state index is 12.1. The van der Waals surface area contributed by atoms with E-state index in [4.69, 9.17) is 11.1 Å². The van der Waals surface area contributed by atoms with Crippen LogP contribution in [0.15, 0.2) is 24.3 Å². The smallest absolute Gasteiger partial charge is 0.249 e. The second kappa shape index (κ2) is 4.17. The monoisotopic (exact) mass is 248 g/mol. The summed E-state index contributed by atoms with van der Waals surface area (Å²) >= 11 is 0. The number of carbonyl (C=O) groups excluding carboxylic acids is 1. The van der Waals surface area contributed by atoms with Gasteiger partial charge in [0.15, 0.2) is 5.84 Å². The van der Waals surface area contributed by atoms with E-state index in [1.54, 1.807) is 43.0 Å². The summed E-state index contributed by atoms with van der Waals surface area (Å²) in [5.41, 5.74) is 6.59. The van der Waals surface area contributed by atoms with Crippen LogP contribution in [-0.2, 0) is 11.8 Å². The Morgan fingerprint density at radius 1 is 1.50 bits per heavy atom. The molecule has 2 heterocycles. The van der Waals surface area contributed by atoms with Gasteiger partial charge < -0.3 is 15.5 Å². The van der Waals surface area contributed by atoms with E-state index in [2.05, 4.69) is 5.10 Å². The van der Waals surface area contributed by atoms with Crippen molar-refractivity contribution in [3.63, 3.8) is 0 Å². The molecule has 1 aromatic rings. The van der Waals surface area contributed by atoms with Crippen molar-refractivity contribution >= 4 is 17.4 Å². The van der Waals surface area contributed by atoms with Crippen LogP contribution < -0.4 is 10.6 Å². The molecule has 0 saturated carbocycles. The van der Waals surface area contributed by atoms with Gasteiger partial charge in [-0.25, -0.2) is 0 Å². The Hall–Kier alpha value is -2.31. The van der Waals surface area contributed by atoms with Gasteiger partial charge in [-0.3, -0.25) is 14.9 Å². The molecule has 0 bridgehead atoms. The first-order valence-electron chi connectivity index (χ1n) is 5.53. The van der Waals surface area contributed by atoms with Crippen LogP contribution in [0.5, 0.6) is 0 Å². The number of carbonyl (C=O) groups is 1. The Balaban J connectivity index is 2.46. The van der Waals surface area contributed by atoms with Crippen LogP contribution in [0.3, 0.4) is 0 Å². The third-order valence-electron chi connectivity index (χ3n) is 3.05. The fourth-order valence-corrected chi connectivity index (χ4v) is 2.06. The first kappa shape index (κ1) is 12.2. The molecule has 7 nitrogen and oxygen atoms in total. The number of anilines is 1. The van der Waals surface area contributed by atoms with Crippen molar-refractivity contribution < 1.29 is 4.79 Å². The predicted molar refractivity (Wildman–Crippen MR) is 67.9 cm³/mol. The van der Waals surface area contributed by atoms with Gasteiger partial charge in [-0.15, -0.1) is 0 Å². The molecule has 1 amide bonds. The molecule has 0 aliphatic carbocycles. The minimum absolute atomic E-state index is 0.105. The highest BCUT2D eigenvalue weighted by Crippen LogP contribution is 2.25. The average Bonchev–Trinajstić information content (AvgIpc) is 2.74. The first-order valence-corrected chi connectivity index (χ1v) is 5.53. The fraction of sp³-hybridized carbons (Fsp3) is 0.364. The molecule has 7 heteroatoms. The van der Waals surface area contributed by atoms with Gasteiger partial charge in [0.1, 0.15) is 11.7 Å². The average molecular weight is 248 g/mol. The molecular weight excluding hydrogens is 232 g/mol. The molecule has 2 rings (SSSR count). The molecule has 1 aliphatic rings. The standard InChI is InChI=1S/C11H16N6O/c1-7-11(18)16(3)9(4-12)10(13)17(7)8-5-14-15(2)6-8/h4-7,13H,12H2,1-3H3/b9-4+,13-10?/t7-/m1/s1. The Labute approximate surface area is 105 Å². The second-order valence-corrected chi connectivity index (χ2v) is 4.22. The van der Waals surface area contributed by atoms with Crippen LogP contribution in [0, 0.1) is 5.41 Å². The number of nitrogens with zero attached hydrogens (tertiary/aromatic N) is 4. The fourth-order valence-electron chi connectivity index (χ4n) is 2.06. The topological polar surface area (TPSA) is 91.2 Å². The highest BCUT2D eigenvalue weighted by Gasteiger charge is 2.37. The van der Waals surface area contributed by atoms with Crippen LogP contribution in [0.2, 0.25) is 0 Å². The van der Waals surface area contributed by atoms with E-state index in [1.165, 1.54) is 11.1 Å². The number of likely N-dealkylation sites (N-methyl/N-ethyl adjacent to an activating group) is 1. The minimum atomic E-state index is -0.449. The van der Waals surface area contributed by atoms with Crippen molar-refractivity contribution in [1.29, 1.82) is 5.41 Å². The number of amidine groups is 1. The SMILES string of the molecule is C[C@@H]1C(=O)N(C)/C(=C/N)C(=N)N1c1cnn(C)c1. The number of nitrogens with one attached hydrogen (secondary N) is 1. The van der Waals surface area contributed by atoms with Crippen molar-refractivity contribution in [2.45, 2.75) is 13.0 Å². The number of aryl methyl sites for hydroxylation is 1. The Bertz CT molecular complexity index is 531. The van der Waals surface area contributed by atoms with E-state index in [0.717, 1.165) is 0 Å². The lowest BCUT2D eigenvalue weighted by molar-refractivity contribution is -0.129. The van der Waals surface area contributed by atoms with Crippen molar-refractivity contribution in [1.82, 2.24) is 14.7 Å². The summed E-state index contributed by atoms with van der Waals surface area (Å²) < 4.78 is 1.63. The molecule has 96 valence electrons. The normalized spacial score (nSPS) is 23.1. The van der Waals surface area contributed by atoms with Gasteiger partial charge >= 0.3 is 0 Å². The molecule has 1 aromatic heterocycles. The highest BCUT2D eigenvalue weighted by molar-refractivity contribution is 6.15. The number of rotatable bonds is 1. The van der Waals surface area contributed by atoms with E-state index in [9.17, 15) is 4.79 Å². The Kier molecular flexibility index (Phi) is 2.82. The van der Waals surface area contributed by atoms with E-state index in [1.807, 2.05) is 0 Å². The van der Waals surface area contributed by atoms with Crippen LogP contribution in [0.4, 0.5) is 5.69 Å². The van der Waals surface area contributed by atoms with Crippen LogP contribution in [0.1, 0.15) is 6.92 Å². The van der Waals surface area contributed by atoms with Crippen LogP contribution in [0.25, 0.3) is 0 Å². The van der Waals surface area contributed by atoms with Gasteiger partial charge in [0.25, 0.3) is 0 Å². The highest BCUT2D eigenvalue weighted by atomic mass is 16.2. The maximum Gasteiger partial charge on any atom is 0.249 e. The summed E-state index contributed by atoms with van der Waals surface area (Å²) in [6.07, 6.45) is 4.66. The van der Waals surface area contributed by atoms with E-state index in [0.29, 0.717) is 11.4 Å². The molecule has 1 saturated heterocycles. The molecule has 3 N–H and O–H groups in total. The van der Waals surface area contributed by atoms with Gasteiger partial charge in [0.2, 0.25) is 5.91 Å². The van der Waals surface area contributed by atoms with Crippen LogP contribution >= 0.6 is 0 Å². The number of aromatic nitrogens is 2. The van der Waals surface area contributed by atoms with Crippen molar-refractivity contribution in [3.05, 3.63) is 24.3 Å². The number of nitrogens with two attached hydrogens (primary N) is 1. The van der Waals surface area contributed by atoms with E-state index in [-0.39, 0.29) is 11.7 Å². The summed E-state index contributed by atoms with van der Waals surface area (Å²) in [6, 6.07) is -0.449. The van der Waals surface area contributed by atoms with Gasteiger partial charge in [-0.1, -0.05) is 0 Å². The molecule has 0 unspecified atom stereocenters.